The minimum atomic E-state index is -0.775. The quantitative estimate of drug-likeness (QED) is 0.463. The first-order chi connectivity index (χ1) is 18.1. The topological polar surface area (TPSA) is 117 Å². The predicted octanol–water partition coefficient (Wildman–Crippen LogP) is 4.96. The van der Waals surface area contributed by atoms with Crippen molar-refractivity contribution in [3.8, 4) is 6.07 Å². The van der Waals surface area contributed by atoms with Gasteiger partial charge in [0.05, 0.1) is 12.1 Å². The van der Waals surface area contributed by atoms with Crippen molar-refractivity contribution in [2.45, 2.75) is 97.2 Å². The summed E-state index contributed by atoms with van der Waals surface area (Å²) in [5.74, 6) is -1.19. The molecule has 0 spiro atoms. The van der Waals surface area contributed by atoms with Gasteiger partial charge in [-0.3, -0.25) is 19.3 Å². The molecule has 3 rings (SSSR count). The van der Waals surface area contributed by atoms with Crippen LogP contribution >= 0.6 is 0 Å². The maximum Gasteiger partial charge on any atom is 0.410 e. The summed E-state index contributed by atoms with van der Waals surface area (Å²) in [5.41, 5.74) is 0.639. The molecule has 0 bridgehead atoms. The van der Waals surface area contributed by atoms with Gasteiger partial charge in [-0.25, -0.2) is 4.79 Å². The van der Waals surface area contributed by atoms with Crippen molar-refractivity contribution < 1.29 is 23.9 Å². The smallest absolute Gasteiger partial charge is 0.410 e. The van der Waals surface area contributed by atoms with Crippen LogP contribution < -0.4 is 5.32 Å². The van der Waals surface area contributed by atoms with E-state index in [1.165, 1.54) is 4.90 Å². The molecule has 1 saturated carbocycles. The van der Waals surface area contributed by atoms with Crippen molar-refractivity contribution in [2.24, 2.45) is 17.3 Å². The zero-order valence-electron chi connectivity index (χ0n) is 22.9. The maximum absolute atomic E-state index is 13.4. The number of benzene rings is 1. The molecule has 1 unspecified atom stereocenters. The van der Waals surface area contributed by atoms with Crippen LogP contribution in [-0.2, 0) is 25.7 Å². The van der Waals surface area contributed by atoms with Crippen LogP contribution in [0.2, 0.25) is 0 Å². The number of hydrogen-bond acceptors (Lipinski definition) is 6. The highest BCUT2D eigenvalue weighted by atomic mass is 16.6. The average molecular weight is 524 g/mol. The Kier molecular flexibility index (Phi) is 10.5. The van der Waals surface area contributed by atoms with Gasteiger partial charge in [-0.2, -0.15) is 5.26 Å². The van der Waals surface area contributed by atoms with Crippen molar-refractivity contribution >= 4 is 23.6 Å². The second-order valence-corrected chi connectivity index (χ2v) is 11.9. The van der Waals surface area contributed by atoms with E-state index in [2.05, 4.69) is 11.4 Å². The zero-order chi connectivity index (χ0) is 27.7. The zero-order valence-corrected chi connectivity index (χ0v) is 22.9. The van der Waals surface area contributed by atoms with Crippen molar-refractivity contribution in [2.75, 3.05) is 6.54 Å². The van der Waals surface area contributed by atoms with E-state index in [1.54, 1.807) is 0 Å². The fourth-order valence-electron chi connectivity index (χ4n) is 5.52. The first kappa shape index (κ1) is 29.3. The van der Waals surface area contributed by atoms with E-state index < -0.39 is 24.1 Å². The third-order valence-corrected chi connectivity index (χ3v) is 7.41. The number of nitrogens with zero attached hydrogens (tertiary/aromatic N) is 2. The van der Waals surface area contributed by atoms with Gasteiger partial charge in [-0.1, -0.05) is 57.5 Å². The second-order valence-electron chi connectivity index (χ2n) is 11.9. The van der Waals surface area contributed by atoms with Crippen LogP contribution in [0.1, 0.15) is 84.1 Å². The molecule has 1 aromatic carbocycles. The van der Waals surface area contributed by atoms with Crippen molar-refractivity contribution in [1.82, 2.24) is 10.2 Å². The number of hydrogen-bond donors (Lipinski definition) is 1. The first-order valence-corrected chi connectivity index (χ1v) is 13.8. The molecular formula is C30H41N3O5. The predicted molar refractivity (Wildman–Crippen MR) is 143 cm³/mol. The molecular weight excluding hydrogens is 482 g/mol. The number of likely N-dealkylation sites (tertiary alicyclic amines) is 1. The number of amides is 2. The normalized spacial score (nSPS) is 21.3. The molecule has 1 saturated heterocycles. The van der Waals surface area contributed by atoms with E-state index in [0.29, 0.717) is 38.6 Å². The van der Waals surface area contributed by atoms with Crippen LogP contribution in [0.5, 0.6) is 0 Å². The number of ether oxygens (including phenoxy) is 1. The Morgan fingerprint density at radius 2 is 1.87 bits per heavy atom. The summed E-state index contributed by atoms with van der Waals surface area (Å²) in [6, 6.07) is 10.1. The fraction of sp³-hybridized carbons (Fsp3) is 0.633. The highest BCUT2D eigenvalue weighted by Crippen LogP contribution is 2.30. The summed E-state index contributed by atoms with van der Waals surface area (Å²) >= 11 is 0. The molecule has 1 aromatic rings. The van der Waals surface area contributed by atoms with Gasteiger partial charge in [-0.15, -0.1) is 0 Å². The number of nitriles is 1. The Bertz CT molecular complexity index is 1030. The average Bonchev–Trinajstić information content (AvgIpc) is 3.38. The van der Waals surface area contributed by atoms with Gasteiger partial charge in [0.25, 0.3) is 0 Å². The van der Waals surface area contributed by atoms with E-state index >= 15 is 0 Å². The minimum absolute atomic E-state index is 0.0171. The molecule has 38 heavy (non-hydrogen) atoms. The lowest BCUT2D eigenvalue weighted by molar-refractivity contribution is -0.132. The number of nitrogens with one attached hydrogen (secondary N) is 1. The SMILES string of the molecule is CC(C)(C)C[C@H](CC(=O)C1CCCN1C(=O)OCc1ccccc1)C(=O)N[C@H](C#N)C[C@@H]1CCCCC1=O. The van der Waals surface area contributed by atoms with Gasteiger partial charge in [-0.05, 0) is 49.5 Å². The van der Waals surface area contributed by atoms with E-state index in [9.17, 15) is 24.4 Å². The number of carbonyl (C=O) groups excluding carboxylic acids is 4. The van der Waals surface area contributed by atoms with E-state index in [1.807, 2.05) is 51.1 Å². The Balaban J connectivity index is 1.62. The summed E-state index contributed by atoms with van der Waals surface area (Å²) in [6.07, 6.45) is 4.56. The maximum atomic E-state index is 13.4. The van der Waals surface area contributed by atoms with Crippen LogP contribution in [0.4, 0.5) is 4.79 Å². The number of rotatable bonds is 10. The molecule has 4 atom stereocenters. The summed E-state index contributed by atoms with van der Waals surface area (Å²) in [6.45, 7) is 6.58. The standard InChI is InChI=1S/C30H41N3O5/c1-30(2,3)18-23(28(36)32-24(19-31)16-22-12-7-8-14-26(22)34)17-27(35)25-13-9-15-33(25)29(37)38-20-21-10-5-4-6-11-21/h4-6,10-11,22-25H,7-9,12-18,20H2,1-3H3,(H,32,36)/t22-,23-,24-,25?/m0/s1. The number of carbonyl (C=O) groups is 4. The fourth-order valence-corrected chi connectivity index (χ4v) is 5.52. The molecule has 8 heteroatoms. The molecule has 1 aliphatic heterocycles. The van der Waals surface area contributed by atoms with Gasteiger partial charge in [0.2, 0.25) is 5.91 Å². The van der Waals surface area contributed by atoms with Crippen molar-refractivity contribution in [1.29, 1.82) is 5.26 Å². The number of ketones is 2. The van der Waals surface area contributed by atoms with Gasteiger partial charge in [0.15, 0.2) is 5.78 Å². The Morgan fingerprint density at radius 1 is 1.13 bits per heavy atom. The third kappa shape index (κ3) is 8.68. The molecule has 1 heterocycles. The minimum Gasteiger partial charge on any atom is -0.445 e. The molecule has 2 amide bonds. The molecule has 2 aliphatic rings. The van der Waals surface area contributed by atoms with E-state index in [0.717, 1.165) is 24.8 Å². The van der Waals surface area contributed by atoms with Gasteiger partial charge in [0.1, 0.15) is 18.4 Å². The summed E-state index contributed by atoms with van der Waals surface area (Å²) in [5, 5.41) is 12.5. The summed E-state index contributed by atoms with van der Waals surface area (Å²) in [4.78, 5) is 53.3. The highest BCUT2D eigenvalue weighted by molar-refractivity contribution is 5.92. The Morgan fingerprint density at radius 3 is 2.53 bits per heavy atom. The van der Waals surface area contributed by atoms with Crippen LogP contribution in [0.3, 0.4) is 0 Å². The van der Waals surface area contributed by atoms with Gasteiger partial charge in [0, 0.05) is 31.2 Å². The molecule has 1 aliphatic carbocycles. The first-order valence-electron chi connectivity index (χ1n) is 13.8. The van der Waals surface area contributed by atoms with E-state index in [4.69, 9.17) is 4.74 Å². The van der Waals surface area contributed by atoms with Crippen molar-refractivity contribution in [3.63, 3.8) is 0 Å². The second kappa shape index (κ2) is 13.5. The van der Waals surface area contributed by atoms with Crippen LogP contribution in [0, 0.1) is 28.6 Å². The lowest BCUT2D eigenvalue weighted by Crippen LogP contribution is -2.45. The molecule has 1 N–H and O–H groups in total. The van der Waals surface area contributed by atoms with Gasteiger partial charge >= 0.3 is 6.09 Å². The van der Waals surface area contributed by atoms with Gasteiger partial charge < -0.3 is 10.1 Å². The van der Waals surface area contributed by atoms with Crippen LogP contribution in [-0.4, -0.2) is 47.1 Å². The Hall–Kier alpha value is -3.21. The highest BCUT2D eigenvalue weighted by Gasteiger charge is 2.38. The number of Topliss-reactive ketones (excluding diaryl/α,β-unsaturated/α-hetero) is 2. The molecule has 2 fully saturated rings. The molecule has 0 radical (unpaired) electrons. The van der Waals surface area contributed by atoms with E-state index in [-0.39, 0.29) is 41.8 Å². The lowest BCUT2D eigenvalue weighted by Gasteiger charge is -2.29. The summed E-state index contributed by atoms with van der Waals surface area (Å²) in [7, 11) is 0. The largest absolute Gasteiger partial charge is 0.445 e. The molecule has 8 nitrogen and oxygen atoms in total. The van der Waals surface area contributed by atoms with Crippen LogP contribution in [0.15, 0.2) is 30.3 Å². The molecule has 0 aromatic heterocycles. The lowest BCUT2D eigenvalue weighted by atomic mass is 9.80. The van der Waals surface area contributed by atoms with Crippen molar-refractivity contribution in [3.05, 3.63) is 35.9 Å². The molecule has 206 valence electrons. The van der Waals surface area contributed by atoms with Crippen LogP contribution in [0.25, 0.3) is 0 Å². The Labute approximate surface area is 226 Å². The monoisotopic (exact) mass is 523 g/mol. The summed E-state index contributed by atoms with van der Waals surface area (Å²) < 4.78 is 5.47. The third-order valence-electron chi connectivity index (χ3n) is 7.41.